The van der Waals surface area contributed by atoms with E-state index < -0.39 is 24.0 Å². The molecule has 0 radical (unpaired) electrons. The van der Waals surface area contributed by atoms with Crippen LogP contribution in [0.15, 0.2) is 6.20 Å². The maximum absolute atomic E-state index is 12.9. The van der Waals surface area contributed by atoms with Crippen LogP contribution in [0.3, 0.4) is 0 Å². The summed E-state index contributed by atoms with van der Waals surface area (Å²) in [5.41, 5.74) is -0.701. The largest absolute Gasteiger partial charge is 0.444 e. The van der Waals surface area contributed by atoms with E-state index in [1.807, 2.05) is 0 Å². The first-order valence-corrected chi connectivity index (χ1v) is 6.16. The molecule has 1 aliphatic rings. The maximum Gasteiger partial charge on any atom is 0.304 e. The lowest BCUT2D eigenvalue weighted by molar-refractivity contribution is -0.144. The number of hydrogen-bond acceptors (Lipinski definition) is 4. The van der Waals surface area contributed by atoms with Crippen LogP contribution >= 0.6 is 0 Å². The third kappa shape index (κ3) is 3.12. The van der Waals surface area contributed by atoms with Gasteiger partial charge in [-0.3, -0.25) is 14.3 Å². The first kappa shape index (κ1) is 14.4. The molecule has 0 N–H and O–H groups in total. The first-order valence-electron chi connectivity index (χ1n) is 6.16. The fourth-order valence-corrected chi connectivity index (χ4v) is 1.86. The number of nitrogens with zero attached hydrogens (tertiary/aromatic N) is 3. The van der Waals surface area contributed by atoms with Crippen LogP contribution in [0.25, 0.3) is 0 Å². The van der Waals surface area contributed by atoms with Gasteiger partial charge in [-0.2, -0.15) is 5.10 Å². The van der Waals surface area contributed by atoms with Gasteiger partial charge in [0.2, 0.25) is 0 Å². The highest BCUT2D eigenvalue weighted by molar-refractivity contribution is 5.95. The van der Waals surface area contributed by atoms with Crippen LogP contribution in [0.4, 0.5) is 8.78 Å². The summed E-state index contributed by atoms with van der Waals surface area (Å²) in [6.07, 6.45) is -0.0217. The Labute approximate surface area is 114 Å². The van der Waals surface area contributed by atoms with E-state index in [1.54, 1.807) is 0 Å². The molecule has 1 amide bonds. The topological polar surface area (TPSA) is 64.4 Å². The fourth-order valence-electron chi connectivity index (χ4n) is 1.86. The van der Waals surface area contributed by atoms with E-state index in [2.05, 4.69) is 5.10 Å². The molecule has 1 heterocycles. The number of aryl methyl sites for hydroxylation is 1. The van der Waals surface area contributed by atoms with E-state index in [1.165, 1.54) is 29.7 Å². The van der Waals surface area contributed by atoms with Crippen LogP contribution in [0.2, 0.25) is 0 Å². The third-order valence-electron chi connectivity index (χ3n) is 2.95. The standard InChI is InChI=1S/C12H15F2N3O3/c1-7(18)20-6-17(8-3-4-8)12(19)9-5-16(2)15-10(9)11(13)14/h5,8,11H,3-4,6H2,1-2H3. The van der Waals surface area contributed by atoms with E-state index in [9.17, 15) is 18.4 Å². The average Bonchev–Trinajstić information content (AvgIpc) is 3.10. The van der Waals surface area contributed by atoms with Gasteiger partial charge in [-0.25, -0.2) is 8.78 Å². The van der Waals surface area contributed by atoms with Crippen LogP contribution in [0, 0.1) is 0 Å². The molecule has 0 bridgehead atoms. The predicted octanol–water partition coefficient (Wildman–Crippen LogP) is 1.48. The summed E-state index contributed by atoms with van der Waals surface area (Å²) in [7, 11) is 1.47. The summed E-state index contributed by atoms with van der Waals surface area (Å²) in [5, 5.41) is 3.60. The van der Waals surface area contributed by atoms with Crippen LogP contribution in [-0.4, -0.2) is 39.3 Å². The smallest absolute Gasteiger partial charge is 0.304 e. The van der Waals surface area contributed by atoms with Crippen LogP contribution in [0.5, 0.6) is 0 Å². The van der Waals surface area contributed by atoms with Crippen LogP contribution in [-0.2, 0) is 16.6 Å². The SMILES string of the molecule is CC(=O)OCN(C(=O)c1cn(C)nc1C(F)F)C1CC1. The lowest BCUT2D eigenvalue weighted by Crippen LogP contribution is -2.36. The van der Waals surface area contributed by atoms with E-state index in [0.29, 0.717) is 0 Å². The van der Waals surface area contributed by atoms with E-state index >= 15 is 0 Å². The molecule has 0 saturated heterocycles. The number of alkyl halides is 2. The lowest BCUT2D eigenvalue weighted by Gasteiger charge is -2.21. The monoisotopic (exact) mass is 287 g/mol. The second kappa shape index (κ2) is 5.56. The van der Waals surface area contributed by atoms with E-state index in [-0.39, 0.29) is 18.3 Å². The van der Waals surface area contributed by atoms with Gasteiger partial charge >= 0.3 is 5.97 Å². The number of amides is 1. The number of ether oxygens (including phenoxy) is 1. The number of esters is 1. The molecule has 0 aromatic carbocycles. The summed E-state index contributed by atoms with van der Waals surface area (Å²) in [6, 6.07) is -0.0624. The summed E-state index contributed by atoms with van der Waals surface area (Å²) in [4.78, 5) is 24.5. The molecule has 1 aromatic heterocycles. The van der Waals surface area contributed by atoms with Crippen LogP contribution in [0.1, 0.15) is 42.2 Å². The van der Waals surface area contributed by atoms with Crippen molar-refractivity contribution < 1.29 is 23.1 Å². The van der Waals surface area contributed by atoms with Crippen molar-refractivity contribution >= 4 is 11.9 Å². The van der Waals surface area contributed by atoms with Gasteiger partial charge in [0.05, 0.1) is 5.56 Å². The van der Waals surface area contributed by atoms with Crippen molar-refractivity contribution in [2.75, 3.05) is 6.73 Å². The minimum Gasteiger partial charge on any atom is -0.444 e. The quantitative estimate of drug-likeness (QED) is 0.608. The Kier molecular flexibility index (Phi) is 4.01. The van der Waals surface area contributed by atoms with Crippen molar-refractivity contribution in [3.63, 3.8) is 0 Å². The number of aromatic nitrogens is 2. The van der Waals surface area contributed by atoms with Gasteiger partial charge in [0.25, 0.3) is 12.3 Å². The average molecular weight is 287 g/mol. The van der Waals surface area contributed by atoms with E-state index in [4.69, 9.17) is 4.74 Å². The molecule has 0 unspecified atom stereocenters. The highest BCUT2D eigenvalue weighted by Gasteiger charge is 2.36. The van der Waals surface area contributed by atoms with Crippen molar-refractivity contribution in [1.29, 1.82) is 0 Å². The number of carbonyl (C=O) groups excluding carboxylic acids is 2. The highest BCUT2D eigenvalue weighted by atomic mass is 19.3. The Morgan fingerprint density at radius 2 is 2.20 bits per heavy atom. The Morgan fingerprint density at radius 1 is 1.55 bits per heavy atom. The molecule has 6 nitrogen and oxygen atoms in total. The highest BCUT2D eigenvalue weighted by Crippen LogP contribution is 2.30. The molecule has 1 saturated carbocycles. The number of rotatable bonds is 5. The van der Waals surface area contributed by atoms with Gasteiger partial charge in [-0.1, -0.05) is 0 Å². The molecule has 0 spiro atoms. The zero-order chi connectivity index (χ0) is 14.9. The first-order chi connectivity index (χ1) is 9.40. The van der Waals surface area contributed by atoms with Crippen molar-refractivity contribution in [3.05, 3.63) is 17.5 Å². The van der Waals surface area contributed by atoms with Crippen LogP contribution < -0.4 is 0 Å². The molecule has 1 aliphatic carbocycles. The van der Waals surface area contributed by atoms with Crippen molar-refractivity contribution in [2.45, 2.75) is 32.2 Å². The molecule has 20 heavy (non-hydrogen) atoms. The Bertz CT molecular complexity index is 526. The molecular formula is C12H15F2N3O3. The van der Waals surface area contributed by atoms with Gasteiger partial charge in [0, 0.05) is 26.2 Å². The van der Waals surface area contributed by atoms with Crippen molar-refractivity contribution in [2.24, 2.45) is 7.05 Å². The minimum atomic E-state index is -2.83. The number of carbonyl (C=O) groups is 2. The maximum atomic E-state index is 12.9. The molecule has 1 fully saturated rings. The fraction of sp³-hybridized carbons (Fsp3) is 0.583. The molecular weight excluding hydrogens is 272 g/mol. The van der Waals surface area contributed by atoms with Crippen molar-refractivity contribution in [3.8, 4) is 0 Å². The Balaban J connectivity index is 2.20. The summed E-state index contributed by atoms with van der Waals surface area (Å²) in [6.45, 7) is 1.00. The normalized spacial score (nSPS) is 14.4. The van der Waals surface area contributed by atoms with Gasteiger partial charge in [-0.05, 0) is 12.8 Å². The summed E-state index contributed by atoms with van der Waals surface area (Å²) < 4.78 is 31.7. The second-order valence-corrected chi connectivity index (χ2v) is 4.67. The summed E-state index contributed by atoms with van der Waals surface area (Å²) >= 11 is 0. The Hall–Kier alpha value is -1.99. The molecule has 0 atom stereocenters. The van der Waals surface area contributed by atoms with E-state index in [0.717, 1.165) is 12.8 Å². The van der Waals surface area contributed by atoms with Gasteiger partial charge in [-0.15, -0.1) is 0 Å². The third-order valence-corrected chi connectivity index (χ3v) is 2.95. The molecule has 8 heteroatoms. The van der Waals surface area contributed by atoms with Gasteiger partial charge in [0.1, 0.15) is 5.69 Å². The summed E-state index contributed by atoms with van der Waals surface area (Å²) in [5.74, 6) is -1.11. The lowest BCUT2D eigenvalue weighted by atomic mass is 10.2. The molecule has 0 aliphatic heterocycles. The molecule has 2 rings (SSSR count). The second-order valence-electron chi connectivity index (χ2n) is 4.67. The number of hydrogen-bond donors (Lipinski definition) is 0. The Morgan fingerprint density at radius 3 is 2.70 bits per heavy atom. The molecule has 110 valence electrons. The molecule has 1 aromatic rings. The zero-order valence-corrected chi connectivity index (χ0v) is 11.2. The van der Waals surface area contributed by atoms with Gasteiger partial charge in [0.15, 0.2) is 6.73 Å². The minimum absolute atomic E-state index is 0.0624. The predicted molar refractivity (Wildman–Crippen MR) is 64.0 cm³/mol. The number of halogens is 2. The van der Waals surface area contributed by atoms with Crippen molar-refractivity contribution in [1.82, 2.24) is 14.7 Å². The van der Waals surface area contributed by atoms with Gasteiger partial charge < -0.3 is 9.64 Å². The zero-order valence-electron chi connectivity index (χ0n) is 11.2.